The van der Waals surface area contributed by atoms with Crippen LogP contribution in [0.1, 0.15) is 30.6 Å². The van der Waals surface area contributed by atoms with Crippen molar-refractivity contribution in [2.45, 2.75) is 20.3 Å². The predicted molar refractivity (Wildman–Crippen MR) is 71.3 cm³/mol. The summed E-state index contributed by atoms with van der Waals surface area (Å²) >= 11 is 0. The summed E-state index contributed by atoms with van der Waals surface area (Å²) in [5.74, 6) is 1.58. The first-order valence-corrected chi connectivity index (χ1v) is 6.12. The molecule has 4 nitrogen and oxygen atoms in total. The Bertz CT molecular complexity index is 404. The molecule has 0 aliphatic carbocycles. The molecule has 0 radical (unpaired) electrons. The maximum absolute atomic E-state index is 11.9. The molecule has 0 unspecified atom stereocenters. The van der Waals surface area contributed by atoms with Gasteiger partial charge in [0, 0.05) is 12.1 Å². The Kier molecular flexibility index (Phi) is 5.49. The number of ether oxygens (including phenoxy) is 2. The first-order valence-electron chi connectivity index (χ1n) is 6.12. The Morgan fingerprint density at radius 2 is 1.94 bits per heavy atom. The van der Waals surface area contributed by atoms with Gasteiger partial charge >= 0.3 is 0 Å². The van der Waals surface area contributed by atoms with Crippen molar-refractivity contribution < 1.29 is 14.3 Å². The van der Waals surface area contributed by atoms with Crippen molar-refractivity contribution in [1.82, 2.24) is 5.32 Å². The Morgan fingerprint density at radius 1 is 1.28 bits per heavy atom. The van der Waals surface area contributed by atoms with Crippen LogP contribution in [0.3, 0.4) is 0 Å². The topological polar surface area (TPSA) is 47.6 Å². The Morgan fingerprint density at radius 3 is 2.50 bits per heavy atom. The fourth-order valence-electron chi connectivity index (χ4n) is 1.49. The fraction of sp³-hybridized carbons (Fsp3) is 0.500. The summed E-state index contributed by atoms with van der Waals surface area (Å²) in [5.41, 5.74) is 0.580. The summed E-state index contributed by atoms with van der Waals surface area (Å²) in [6.45, 7) is 4.89. The second-order valence-electron chi connectivity index (χ2n) is 4.29. The molecular formula is C14H21NO3. The van der Waals surface area contributed by atoms with Crippen molar-refractivity contribution in [3.05, 3.63) is 23.8 Å². The van der Waals surface area contributed by atoms with Crippen molar-refractivity contribution in [3.8, 4) is 11.5 Å². The van der Waals surface area contributed by atoms with Gasteiger partial charge in [-0.15, -0.1) is 0 Å². The van der Waals surface area contributed by atoms with Gasteiger partial charge in [0.25, 0.3) is 5.91 Å². The first kappa shape index (κ1) is 14.4. The standard InChI is InChI=1S/C14H21NO3/c1-5-10(2)9-15-14(16)11-6-7-12(17-3)13(8-11)18-4/h6-8,10H,5,9H2,1-4H3,(H,15,16)/t10-/m0/s1. The summed E-state index contributed by atoms with van der Waals surface area (Å²) < 4.78 is 10.3. The molecule has 0 aromatic heterocycles. The smallest absolute Gasteiger partial charge is 0.251 e. The van der Waals surface area contributed by atoms with E-state index >= 15 is 0 Å². The highest BCUT2D eigenvalue weighted by molar-refractivity contribution is 5.94. The number of nitrogens with one attached hydrogen (secondary N) is 1. The van der Waals surface area contributed by atoms with Gasteiger partial charge in [-0.2, -0.15) is 0 Å². The van der Waals surface area contributed by atoms with Crippen LogP contribution in [0, 0.1) is 5.92 Å². The molecule has 1 amide bonds. The van der Waals surface area contributed by atoms with Gasteiger partial charge in [-0.1, -0.05) is 20.3 Å². The molecule has 0 aliphatic heterocycles. The summed E-state index contributed by atoms with van der Waals surface area (Å²) in [4.78, 5) is 11.9. The molecule has 1 rings (SSSR count). The molecule has 0 spiro atoms. The van der Waals surface area contributed by atoms with Gasteiger partial charge in [0.2, 0.25) is 0 Å². The van der Waals surface area contributed by atoms with Crippen LogP contribution in [0.4, 0.5) is 0 Å². The summed E-state index contributed by atoms with van der Waals surface area (Å²) in [5, 5.41) is 2.90. The molecule has 0 bridgehead atoms. The lowest BCUT2D eigenvalue weighted by atomic mass is 10.1. The number of benzene rings is 1. The van der Waals surface area contributed by atoms with E-state index in [1.807, 2.05) is 0 Å². The number of amides is 1. The molecule has 0 aliphatic rings. The van der Waals surface area contributed by atoms with E-state index in [4.69, 9.17) is 9.47 Å². The van der Waals surface area contributed by atoms with Crippen LogP contribution >= 0.6 is 0 Å². The largest absolute Gasteiger partial charge is 0.493 e. The molecule has 0 fully saturated rings. The van der Waals surface area contributed by atoms with Gasteiger partial charge in [-0.3, -0.25) is 4.79 Å². The van der Waals surface area contributed by atoms with Crippen LogP contribution < -0.4 is 14.8 Å². The number of hydrogen-bond acceptors (Lipinski definition) is 3. The molecule has 4 heteroatoms. The highest BCUT2D eigenvalue weighted by Gasteiger charge is 2.11. The number of rotatable bonds is 6. The monoisotopic (exact) mass is 251 g/mol. The van der Waals surface area contributed by atoms with Gasteiger partial charge in [-0.25, -0.2) is 0 Å². The van der Waals surface area contributed by atoms with Gasteiger partial charge in [-0.05, 0) is 24.1 Å². The zero-order valence-electron chi connectivity index (χ0n) is 11.4. The van der Waals surface area contributed by atoms with E-state index in [-0.39, 0.29) is 5.91 Å². The van der Waals surface area contributed by atoms with Crippen molar-refractivity contribution in [1.29, 1.82) is 0 Å². The van der Waals surface area contributed by atoms with E-state index in [0.717, 1.165) is 6.42 Å². The van der Waals surface area contributed by atoms with Crippen LogP contribution in [-0.4, -0.2) is 26.7 Å². The lowest BCUT2D eigenvalue weighted by Gasteiger charge is -2.12. The SMILES string of the molecule is CC[C@H](C)CNC(=O)c1ccc(OC)c(OC)c1. The van der Waals surface area contributed by atoms with E-state index in [1.54, 1.807) is 32.4 Å². The number of carbonyl (C=O) groups is 1. The Labute approximate surface area is 108 Å². The maximum atomic E-state index is 11.9. The Hall–Kier alpha value is -1.71. The van der Waals surface area contributed by atoms with Gasteiger partial charge in [0.1, 0.15) is 0 Å². The molecule has 0 saturated carbocycles. The lowest BCUT2D eigenvalue weighted by Crippen LogP contribution is -2.28. The van der Waals surface area contributed by atoms with E-state index in [1.165, 1.54) is 0 Å². The Balaban J connectivity index is 2.74. The number of carbonyl (C=O) groups excluding carboxylic acids is 1. The molecule has 100 valence electrons. The molecule has 1 atom stereocenters. The van der Waals surface area contributed by atoms with E-state index < -0.39 is 0 Å². The lowest BCUT2D eigenvalue weighted by molar-refractivity contribution is 0.0947. The van der Waals surface area contributed by atoms with Crippen molar-refractivity contribution in [2.24, 2.45) is 5.92 Å². The van der Waals surface area contributed by atoms with Crippen LogP contribution in [-0.2, 0) is 0 Å². The minimum Gasteiger partial charge on any atom is -0.493 e. The van der Waals surface area contributed by atoms with Gasteiger partial charge in [0.15, 0.2) is 11.5 Å². The van der Waals surface area contributed by atoms with E-state index in [0.29, 0.717) is 29.5 Å². The summed E-state index contributed by atoms with van der Waals surface area (Å²) in [6.07, 6.45) is 1.05. The van der Waals surface area contributed by atoms with E-state index in [9.17, 15) is 4.79 Å². The van der Waals surface area contributed by atoms with Gasteiger partial charge in [0.05, 0.1) is 14.2 Å². The van der Waals surface area contributed by atoms with Crippen molar-refractivity contribution >= 4 is 5.91 Å². The first-order chi connectivity index (χ1) is 8.62. The average Bonchev–Trinajstić information content (AvgIpc) is 2.43. The normalized spacial score (nSPS) is 11.8. The van der Waals surface area contributed by atoms with Crippen molar-refractivity contribution in [3.63, 3.8) is 0 Å². The highest BCUT2D eigenvalue weighted by Crippen LogP contribution is 2.27. The third-order valence-corrected chi connectivity index (χ3v) is 2.95. The summed E-state index contributed by atoms with van der Waals surface area (Å²) in [6, 6.07) is 5.15. The van der Waals surface area contributed by atoms with Crippen LogP contribution in [0.2, 0.25) is 0 Å². The third kappa shape index (κ3) is 3.65. The van der Waals surface area contributed by atoms with Gasteiger partial charge < -0.3 is 14.8 Å². The minimum absolute atomic E-state index is 0.0868. The van der Waals surface area contributed by atoms with Crippen LogP contribution in [0.25, 0.3) is 0 Å². The molecule has 1 aromatic carbocycles. The molecule has 0 saturated heterocycles. The third-order valence-electron chi connectivity index (χ3n) is 2.95. The maximum Gasteiger partial charge on any atom is 0.251 e. The van der Waals surface area contributed by atoms with Crippen LogP contribution in [0.5, 0.6) is 11.5 Å². The quantitative estimate of drug-likeness (QED) is 0.845. The average molecular weight is 251 g/mol. The molecule has 0 heterocycles. The molecule has 1 aromatic rings. The van der Waals surface area contributed by atoms with E-state index in [2.05, 4.69) is 19.2 Å². The predicted octanol–water partition coefficient (Wildman–Crippen LogP) is 2.48. The second-order valence-corrected chi connectivity index (χ2v) is 4.29. The fourth-order valence-corrected chi connectivity index (χ4v) is 1.49. The molecular weight excluding hydrogens is 230 g/mol. The minimum atomic E-state index is -0.0868. The number of hydrogen-bond donors (Lipinski definition) is 1. The highest BCUT2D eigenvalue weighted by atomic mass is 16.5. The van der Waals surface area contributed by atoms with Crippen LogP contribution in [0.15, 0.2) is 18.2 Å². The zero-order valence-corrected chi connectivity index (χ0v) is 11.4. The second kappa shape index (κ2) is 6.89. The number of methoxy groups -OCH3 is 2. The molecule has 1 N–H and O–H groups in total. The molecule has 18 heavy (non-hydrogen) atoms. The zero-order chi connectivity index (χ0) is 13.5. The van der Waals surface area contributed by atoms with Crippen molar-refractivity contribution in [2.75, 3.05) is 20.8 Å². The summed E-state index contributed by atoms with van der Waals surface area (Å²) in [7, 11) is 3.12.